The van der Waals surface area contributed by atoms with Crippen molar-refractivity contribution >= 4 is 17.2 Å². The Bertz CT molecular complexity index is 507. The largest absolute Gasteiger partial charge is 0.396 e. The Balaban J connectivity index is 2.04. The first-order valence-corrected chi connectivity index (χ1v) is 6.51. The maximum atomic E-state index is 11.8. The van der Waals surface area contributed by atoms with Gasteiger partial charge < -0.3 is 14.9 Å². The summed E-state index contributed by atoms with van der Waals surface area (Å²) in [6.07, 6.45) is 0.515. The summed E-state index contributed by atoms with van der Waals surface area (Å²) in [5, 5.41) is 17.2. The standard InChI is InChI=1S/C12H14N2O3S/c1-8(4-5-15)13-12(16)9-7-10(17-14-9)11-3-2-6-18-11/h2-3,6-8,15H,4-5H2,1H3,(H,13,16). The number of aliphatic hydroxyl groups excluding tert-OH is 1. The fourth-order valence-electron chi connectivity index (χ4n) is 1.48. The third kappa shape index (κ3) is 2.96. The van der Waals surface area contributed by atoms with E-state index in [0.29, 0.717) is 12.2 Å². The zero-order valence-electron chi connectivity index (χ0n) is 9.92. The minimum absolute atomic E-state index is 0.0424. The molecule has 96 valence electrons. The van der Waals surface area contributed by atoms with Crippen molar-refractivity contribution in [2.24, 2.45) is 0 Å². The van der Waals surface area contributed by atoms with Crippen molar-refractivity contribution in [1.82, 2.24) is 10.5 Å². The first kappa shape index (κ1) is 12.8. The molecule has 1 unspecified atom stereocenters. The van der Waals surface area contributed by atoms with Crippen molar-refractivity contribution in [3.05, 3.63) is 29.3 Å². The lowest BCUT2D eigenvalue weighted by atomic mass is 10.2. The minimum atomic E-state index is -0.289. The summed E-state index contributed by atoms with van der Waals surface area (Å²) < 4.78 is 5.12. The van der Waals surface area contributed by atoms with E-state index in [-0.39, 0.29) is 24.2 Å². The fraction of sp³-hybridized carbons (Fsp3) is 0.333. The number of aromatic nitrogens is 1. The van der Waals surface area contributed by atoms with Crippen LogP contribution in [0.15, 0.2) is 28.1 Å². The molecule has 0 radical (unpaired) electrons. The van der Waals surface area contributed by atoms with Crippen molar-refractivity contribution in [2.45, 2.75) is 19.4 Å². The molecule has 0 aliphatic rings. The van der Waals surface area contributed by atoms with Crippen LogP contribution in [0.25, 0.3) is 10.6 Å². The van der Waals surface area contributed by atoms with Gasteiger partial charge in [0.25, 0.3) is 5.91 Å². The number of rotatable bonds is 5. The quantitative estimate of drug-likeness (QED) is 0.866. The van der Waals surface area contributed by atoms with Gasteiger partial charge >= 0.3 is 0 Å². The van der Waals surface area contributed by atoms with E-state index in [0.717, 1.165) is 4.88 Å². The molecule has 2 rings (SSSR count). The van der Waals surface area contributed by atoms with Crippen molar-refractivity contribution in [3.63, 3.8) is 0 Å². The molecule has 2 aromatic heterocycles. The van der Waals surface area contributed by atoms with Gasteiger partial charge in [-0.15, -0.1) is 11.3 Å². The molecule has 0 aliphatic heterocycles. The highest BCUT2D eigenvalue weighted by molar-refractivity contribution is 7.13. The molecule has 2 aromatic rings. The summed E-state index contributed by atoms with van der Waals surface area (Å²) in [5.41, 5.74) is 0.253. The van der Waals surface area contributed by atoms with Gasteiger partial charge in [0, 0.05) is 18.7 Å². The van der Waals surface area contributed by atoms with Gasteiger partial charge in [0.05, 0.1) is 4.88 Å². The van der Waals surface area contributed by atoms with Crippen molar-refractivity contribution < 1.29 is 14.4 Å². The third-order valence-electron chi connectivity index (χ3n) is 2.45. The third-order valence-corrected chi connectivity index (χ3v) is 3.33. The average molecular weight is 266 g/mol. The van der Waals surface area contributed by atoms with Crippen LogP contribution in [0.3, 0.4) is 0 Å². The van der Waals surface area contributed by atoms with Gasteiger partial charge in [0.2, 0.25) is 0 Å². The van der Waals surface area contributed by atoms with E-state index >= 15 is 0 Å². The van der Waals surface area contributed by atoms with Crippen LogP contribution in [0.5, 0.6) is 0 Å². The Kier molecular flexibility index (Phi) is 4.11. The van der Waals surface area contributed by atoms with Gasteiger partial charge in [-0.05, 0) is 24.8 Å². The van der Waals surface area contributed by atoms with Gasteiger partial charge in [-0.3, -0.25) is 4.79 Å². The Morgan fingerprint density at radius 2 is 2.50 bits per heavy atom. The molecule has 2 N–H and O–H groups in total. The number of aliphatic hydroxyl groups is 1. The van der Waals surface area contributed by atoms with Crippen LogP contribution in [0.2, 0.25) is 0 Å². The lowest BCUT2D eigenvalue weighted by Crippen LogP contribution is -2.33. The summed E-state index contributed by atoms with van der Waals surface area (Å²) in [7, 11) is 0. The zero-order chi connectivity index (χ0) is 13.0. The summed E-state index contributed by atoms with van der Waals surface area (Å²) in [6.45, 7) is 1.87. The van der Waals surface area contributed by atoms with Gasteiger partial charge in [-0.1, -0.05) is 11.2 Å². The summed E-state index contributed by atoms with van der Waals surface area (Å²) in [6, 6.07) is 5.34. The van der Waals surface area contributed by atoms with E-state index in [1.54, 1.807) is 6.07 Å². The number of nitrogens with zero attached hydrogens (tertiary/aromatic N) is 1. The molecule has 5 nitrogen and oxygen atoms in total. The fourth-order valence-corrected chi connectivity index (χ4v) is 2.15. The zero-order valence-corrected chi connectivity index (χ0v) is 10.7. The van der Waals surface area contributed by atoms with Crippen LogP contribution in [-0.2, 0) is 0 Å². The monoisotopic (exact) mass is 266 g/mol. The SMILES string of the molecule is CC(CCO)NC(=O)c1cc(-c2cccs2)on1. The van der Waals surface area contributed by atoms with Crippen LogP contribution >= 0.6 is 11.3 Å². The maximum absolute atomic E-state index is 11.8. The number of amides is 1. The van der Waals surface area contributed by atoms with Gasteiger partial charge in [-0.2, -0.15) is 0 Å². The smallest absolute Gasteiger partial charge is 0.273 e. The van der Waals surface area contributed by atoms with Crippen molar-refractivity contribution in [3.8, 4) is 10.6 Å². The molecule has 0 fully saturated rings. The highest BCUT2D eigenvalue weighted by atomic mass is 32.1. The highest BCUT2D eigenvalue weighted by Crippen LogP contribution is 2.25. The Labute approximate surface area is 108 Å². The van der Waals surface area contributed by atoms with Crippen LogP contribution in [-0.4, -0.2) is 28.8 Å². The number of carbonyl (C=O) groups is 1. The first-order chi connectivity index (χ1) is 8.70. The van der Waals surface area contributed by atoms with E-state index in [9.17, 15) is 4.79 Å². The molecular formula is C12H14N2O3S. The molecule has 1 atom stereocenters. The lowest BCUT2D eigenvalue weighted by molar-refractivity contribution is 0.0925. The molecule has 0 saturated carbocycles. The Morgan fingerprint density at radius 1 is 1.67 bits per heavy atom. The molecule has 0 aliphatic carbocycles. The van der Waals surface area contributed by atoms with Gasteiger partial charge in [0.15, 0.2) is 11.5 Å². The number of hydrogen-bond acceptors (Lipinski definition) is 5. The molecule has 2 heterocycles. The number of thiophene rings is 1. The van der Waals surface area contributed by atoms with E-state index in [2.05, 4.69) is 10.5 Å². The summed E-state index contributed by atoms with van der Waals surface area (Å²) in [5.74, 6) is 0.299. The van der Waals surface area contributed by atoms with E-state index in [1.807, 2.05) is 24.4 Å². The van der Waals surface area contributed by atoms with Crippen LogP contribution in [0.4, 0.5) is 0 Å². The topological polar surface area (TPSA) is 75.4 Å². The normalized spacial score (nSPS) is 12.3. The minimum Gasteiger partial charge on any atom is -0.396 e. The average Bonchev–Trinajstić information content (AvgIpc) is 3.00. The van der Waals surface area contributed by atoms with Crippen LogP contribution < -0.4 is 5.32 Å². The Morgan fingerprint density at radius 3 is 3.17 bits per heavy atom. The second-order valence-electron chi connectivity index (χ2n) is 3.94. The van der Waals surface area contributed by atoms with Gasteiger partial charge in [-0.25, -0.2) is 0 Å². The molecule has 0 bridgehead atoms. The predicted molar refractivity (Wildman–Crippen MR) is 68.4 cm³/mol. The first-order valence-electron chi connectivity index (χ1n) is 5.63. The summed E-state index contributed by atoms with van der Waals surface area (Å²) in [4.78, 5) is 12.7. The molecule has 0 saturated heterocycles. The molecule has 0 aromatic carbocycles. The predicted octanol–water partition coefficient (Wildman–Crippen LogP) is 1.90. The van der Waals surface area contributed by atoms with E-state index in [4.69, 9.17) is 9.63 Å². The van der Waals surface area contributed by atoms with E-state index in [1.165, 1.54) is 11.3 Å². The van der Waals surface area contributed by atoms with Crippen LogP contribution in [0, 0.1) is 0 Å². The molecule has 1 amide bonds. The lowest BCUT2D eigenvalue weighted by Gasteiger charge is -2.10. The van der Waals surface area contributed by atoms with Crippen molar-refractivity contribution in [1.29, 1.82) is 0 Å². The van der Waals surface area contributed by atoms with E-state index < -0.39 is 0 Å². The van der Waals surface area contributed by atoms with Crippen molar-refractivity contribution in [2.75, 3.05) is 6.61 Å². The summed E-state index contributed by atoms with van der Waals surface area (Å²) >= 11 is 1.52. The molecular weight excluding hydrogens is 252 g/mol. The highest BCUT2D eigenvalue weighted by Gasteiger charge is 2.15. The number of hydrogen-bond donors (Lipinski definition) is 2. The van der Waals surface area contributed by atoms with Crippen LogP contribution in [0.1, 0.15) is 23.8 Å². The molecule has 0 spiro atoms. The number of carbonyl (C=O) groups excluding carboxylic acids is 1. The second kappa shape index (κ2) is 5.79. The number of nitrogens with one attached hydrogen (secondary N) is 1. The molecule has 18 heavy (non-hydrogen) atoms. The maximum Gasteiger partial charge on any atom is 0.273 e. The second-order valence-corrected chi connectivity index (χ2v) is 4.89. The molecule has 6 heteroatoms. The van der Waals surface area contributed by atoms with Gasteiger partial charge in [0.1, 0.15) is 0 Å². The Hall–Kier alpha value is -1.66.